The zero-order valence-electron chi connectivity index (χ0n) is 14.0. The van der Waals surface area contributed by atoms with Crippen molar-refractivity contribution < 1.29 is 4.79 Å². The number of benzene rings is 1. The molecule has 2 saturated heterocycles. The number of hydrogen-bond acceptors (Lipinski definition) is 3. The van der Waals surface area contributed by atoms with E-state index in [1.54, 1.807) is 0 Å². The summed E-state index contributed by atoms with van der Waals surface area (Å²) in [6.45, 7) is 2.05. The van der Waals surface area contributed by atoms with Crippen molar-refractivity contribution >= 4 is 11.6 Å². The molecule has 3 unspecified atom stereocenters. The van der Waals surface area contributed by atoms with Crippen molar-refractivity contribution in [3.05, 3.63) is 35.4 Å². The van der Waals surface area contributed by atoms with Gasteiger partial charge in [-0.15, -0.1) is 0 Å². The van der Waals surface area contributed by atoms with Crippen LogP contribution in [0.3, 0.4) is 0 Å². The van der Waals surface area contributed by atoms with Crippen molar-refractivity contribution in [2.24, 2.45) is 4.99 Å². The number of piperidine rings is 2. The first-order valence-electron chi connectivity index (χ1n) is 8.83. The molecule has 3 aliphatic heterocycles. The summed E-state index contributed by atoms with van der Waals surface area (Å²) in [5.74, 6) is 0.00873. The number of hydrogen-bond donors (Lipinski definition) is 1. The lowest BCUT2D eigenvalue weighted by atomic mass is 9.82. The highest BCUT2D eigenvalue weighted by Crippen LogP contribution is 2.33. The highest BCUT2D eigenvalue weighted by molar-refractivity contribution is 6.46. The van der Waals surface area contributed by atoms with Gasteiger partial charge in [-0.3, -0.25) is 9.79 Å². The van der Waals surface area contributed by atoms with Crippen molar-refractivity contribution in [2.75, 3.05) is 7.05 Å². The topological polar surface area (TPSA) is 44.7 Å². The van der Waals surface area contributed by atoms with Gasteiger partial charge in [0.25, 0.3) is 5.91 Å². The summed E-state index contributed by atoms with van der Waals surface area (Å²) in [5, 5.41) is 3.28. The maximum absolute atomic E-state index is 12.8. The molecule has 0 aliphatic carbocycles. The van der Waals surface area contributed by atoms with E-state index >= 15 is 0 Å². The number of aliphatic imine (C=N–C) groups is 1. The van der Waals surface area contributed by atoms with Crippen molar-refractivity contribution in [2.45, 2.75) is 63.2 Å². The molecule has 1 amide bonds. The molecule has 2 fully saturated rings. The van der Waals surface area contributed by atoms with Crippen molar-refractivity contribution in [1.82, 2.24) is 10.2 Å². The third-order valence-electron chi connectivity index (χ3n) is 5.88. The molecule has 0 spiro atoms. The summed E-state index contributed by atoms with van der Waals surface area (Å²) in [6, 6.07) is 9.73. The molecule has 23 heavy (non-hydrogen) atoms. The van der Waals surface area contributed by atoms with Gasteiger partial charge in [0.2, 0.25) is 0 Å². The average Bonchev–Trinajstić information content (AvgIpc) is 2.86. The van der Waals surface area contributed by atoms with E-state index in [-0.39, 0.29) is 11.9 Å². The maximum Gasteiger partial charge on any atom is 0.270 e. The molecule has 4 rings (SSSR count). The number of rotatable bonds is 2. The largest absolute Gasteiger partial charge is 0.348 e. The molecular weight excluding hydrogens is 286 g/mol. The van der Waals surface area contributed by atoms with Crippen molar-refractivity contribution in [3.8, 4) is 0 Å². The SMILES string of the molecule is CC1N=C(C(=O)NC2CC3CCCC(C2)N3C)c2ccccc21. The minimum Gasteiger partial charge on any atom is -0.348 e. The smallest absolute Gasteiger partial charge is 0.270 e. The van der Waals surface area contributed by atoms with E-state index in [4.69, 9.17) is 0 Å². The van der Waals surface area contributed by atoms with Crippen LogP contribution in [0.15, 0.2) is 29.3 Å². The lowest BCUT2D eigenvalue weighted by molar-refractivity contribution is -0.116. The van der Waals surface area contributed by atoms with Crippen LogP contribution in [0, 0.1) is 0 Å². The predicted molar refractivity (Wildman–Crippen MR) is 91.7 cm³/mol. The number of nitrogens with zero attached hydrogens (tertiary/aromatic N) is 2. The van der Waals surface area contributed by atoms with Crippen LogP contribution in [0.4, 0.5) is 0 Å². The highest BCUT2D eigenvalue weighted by atomic mass is 16.2. The van der Waals surface area contributed by atoms with Crippen LogP contribution in [0.5, 0.6) is 0 Å². The second-order valence-electron chi connectivity index (χ2n) is 7.29. The third kappa shape index (κ3) is 2.59. The maximum atomic E-state index is 12.8. The lowest BCUT2D eigenvalue weighted by Crippen LogP contribution is -2.55. The average molecular weight is 311 g/mol. The summed E-state index contributed by atoms with van der Waals surface area (Å²) in [4.78, 5) is 19.9. The van der Waals surface area contributed by atoms with Crippen LogP contribution in [-0.4, -0.2) is 41.7 Å². The minimum absolute atomic E-state index is 0.00873. The van der Waals surface area contributed by atoms with Gasteiger partial charge in [-0.25, -0.2) is 0 Å². The number of amides is 1. The highest BCUT2D eigenvalue weighted by Gasteiger charge is 2.37. The first-order valence-corrected chi connectivity index (χ1v) is 8.83. The summed E-state index contributed by atoms with van der Waals surface area (Å²) in [6.07, 6.45) is 6.00. The fourth-order valence-electron chi connectivity index (χ4n) is 4.58. The van der Waals surface area contributed by atoms with Gasteiger partial charge in [-0.2, -0.15) is 0 Å². The first kappa shape index (κ1) is 14.9. The molecule has 0 radical (unpaired) electrons. The van der Waals surface area contributed by atoms with Gasteiger partial charge in [0.05, 0.1) is 6.04 Å². The summed E-state index contributed by atoms with van der Waals surface area (Å²) in [5.41, 5.74) is 2.79. The second-order valence-corrected chi connectivity index (χ2v) is 7.29. The van der Waals surface area contributed by atoms with Crippen LogP contribution in [0.2, 0.25) is 0 Å². The van der Waals surface area contributed by atoms with Gasteiger partial charge in [0.1, 0.15) is 5.71 Å². The van der Waals surface area contributed by atoms with E-state index in [0.717, 1.165) is 24.0 Å². The Hall–Kier alpha value is -1.68. The second kappa shape index (κ2) is 5.75. The Morgan fingerprint density at radius 1 is 1.22 bits per heavy atom. The predicted octanol–water partition coefficient (Wildman–Crippen LogP) is 2.68. The zero-order valence-corrected chi connectivity index (χ0v) is 14.0. The van der Waals surface area contributed by atoms with E-state index < -0.39 is 0 Å². The van der Waals surface area contributed by atoms with Crippen molar-refractivity contribution in [1.29, 1.82) is 0 Å². The zero-order chi connectivity index (χ0) is 16.0. The van der Waals surface area contributed by atoms with Gasteiger partial charge in [0.15, 0.2) is 0 Å². The summed E-state index contributed by atoms with van der Waals surface area (Å²) < 4.78 is 0. The Balaban J connectivity index is 1.48. The Morgan fingerprint density at radius 2 is 1.91 bits per heavy atom. The number of carbonyl (C=O) groups is 1. The normalized spacial score (nSPS) is 33.0. The molecule has 1 aromatic rings. The van der Waals surface area contributed by atoms with E-state index in [2.05, 4.69) is 35.2 Å². The Morgan fingerprint density at radius 3 is 2.65 bits per heavy atom. The molecule has 0 saturated carbocycles. The molecule has 3 heterocycles. The van der Waals surface area contributed by atoms with Gasteiger partial charge in [0, 0.05) is 23.7 Å². The number of fused-ring (bicyclic) bond motifs is 3. The quantitative estimate of drug-likeness (QED) is 0.912. The van der Waals surface area contributed by atoms with E-state index in [9.17, 15) is 4.79 Å². The molecule has 1 aromatic carbocycles. The van der Waals surface area contributed by atoms with Crippen LogP contribution in [-0.2, 0) is 4.79 Å². The monoisotopic (exact) mass is 311 g/mol. The van der Waals surface area contributed by atoms with Gasteiger partial charge >= 0.3 is 0 Å². The number of carbonyl (C=O) groups excluding carboxylic acids is 1. The minimum atomic E-state index is 0.00873. The first-order chi connectivity index (χ1) is 11.1. The Kier molecular flexibility index (Phi) is 3.72. The fourth-order valence-corrected chi connectivity index (χ4v) is 4.58. The summed E-state index contributed by atoms with van der Waals surface area (Å²) in [7, 11) is 2.24. The molecule has 0 aromatic heterocycles. The van der Waals surface area contributed by atoms with Gasteiger partial charge in [-0.1, -0.05) is 30.7 Å². The lowest BCUT2D eigenvalue weighted by Gasteiger charge is -2.47. The molecule has 3 aliphatic rings. The van der Waals surface area contributed by atoms with Crippen LogP contribution in [0.1, 0.15) is 56.2 Å². The van der Waals surface area contributed by atoms with E-state index in [1.807, 2.05) is 18.2 Å². The molecule has 4 heteroatoms. The van der Waals surface area contributed by atoms with Gasteiger partial charge in [-0.05, 0) is 45.2 Å². The van der Waals surface area contributed by atoms with Crippen molar-refractivity contribution in [3.63, 3.8) is 0 Å². The number of nitrogens with one attached hydrogen (secondary N) is 1. The van der Waals surface area contributed by atoms with Crippen LogP contribution in [0.25, 0.3) is 0 Å². The molecule has 122 valence electrons. The van der Waals surface area contributed by atoms with Crippen LogP contribution >= 0.6 is 0 Å². The Bertz CT molecular complexity index is 640. The van der Waals surface area contributed by atoms with E-state index in [0.29, 0.717) is 23.8 Å². The molecule has 4 nitrogen and oxygen atoms in total. The molecule has 2 bridgehead atoms. The third-order valence-corrected chi connectivity index (χ3v) is 5.88. The summed E-state index contributed by atoms with van der Waals surface area (Å²) >= 11 is 0. The molecular formula is C19H25N3O. The molecule has 1 N–H and O–H groups in total. The fraction of sp³-hybridized carbons (Fsp3) is 0.579. The van der Waals surface area contributed by atoms with E-state index in [1.165, 1.54) is 19.3 Å². The van der Waals surface area contributed by atoms with Crippen LogP contribution < -0.4 is 5.32 Å². The standard InChI is InChI=1S/C19H25N3O/c1-12-16-8-3-4-9-17(16)18(20-12)19(23)21-13-10-14-6-5-7-15(11-13)22(14)2/h3-4,8-9,12-15H,5-7,10-11H2,1-2H3,(H,21,23). The molecule has 3 atom stereocenters. The Labute approximate surface area is 138 Å². The van der Waals surface area contributed by atoms with Gasteiger partial charge < -0.3 is 10.2 Å².